The third-order valence-corrected chi connectivity index (χ3v) is 4.13. The van der Waals surface area contributed by atoms with Crippen LogP contribution in [0.4, 0.5) is 11.4 Å². The van der Waals surface area contributed by atoms with Crippen molar-refractivity contribution in [2.45, 2.75) is 19.4 Å². The third kappa shape index (κ3) is 3.59. The molecule has 0 amide bonds. The van der Waals surface area contributed by atoms with E-state index in [4.69, 9.17) is 23.2 Å². The summed E-state index contributed by atoms with van der Waals surface area (Å²) in [5, 5.41) is 14.0. The minimum atomic E-state index is -0.535. The summed E-state index contributed by atoms with van der Waals surface area (Å²) in [6, 6.07) is 5.32. The Balaban J connectivity index is 2.13. The molecule has 2 aromatic rings. The lowest BCUT2D eigenvalue weighted by molar-refractivity contribution is -0.384. The largest absolute Gasteiger partial charge is 0.377 e. The summed E-state index contributed by atoms with van der Waals surface area (Å²) in [7, 11) is 0. The highest BCUT2D eigenvalue weighted by Gasteiger charge is 2.21. The van der Waals surface area contributed by atoms with Crippen molar-refractivity contribution in [3.05, 3.63) is 48.9 Å². The zero-order valence-electron chi connectivity index (χ0n) is 10.5. The fourth-order valence-corrected chi connectivity index (χ4v) is 3.24. The first-order valence-corrected chi connectivity index (χ1v) is 7.34. The molecular formula is C12H11Cl2N3O2S. The van der Waals surface area contributed by atoms with E-state index < -0.39 is 4.92 Å². The molecule has 0 unspecified atom stereocenters. The number of anilines is 1. The van der Waals surface area contributed by atoms with E-state index in [1.54, 1.807) is 6.07 Å². The lowest BCUT2D eigenvalue weighted by Gasteiger charge is -2.14. The van der Waals surface area contributed by atoms with E-state index in [0.717, 1.165) is 9.21 Å². The van der Waals surface area contributed by atoms with Crippen LogP contribution < -0.4 is 5.32 Å². The summed E-state index contributed by atoms with van der Waals surface area (Å²) in [6.07, 6.45) is 2.15. The fraction of sp³-hybridized carbons (Fsp3) is 0.250. The quantitative estimate of drug-likeness (QED) is 0.500. The van der Waals surface area contributed by atoms with Gasteiger partial charge >= 0.3 is 5.69 Å². The Morgan fingerprint density at radius 3 is 2.80 bits per heavy atom. The van der Waals surface area contributed by atoms with Crippen LogP contribution in [0.25, 0.3) is 0 Å². The van der Waals surface area contributed by atoms with E-state index in [1.807, 2.05) is 19.1 Å². The van der Waals surface area contributed by atoms with Crippen LogP contribution in [-0.4, -0.2) is 15.9 Å². The van der Waals surface area contributed by atoms with E-state index >= 15 is 0 Å². The Labute approximate surface area is 129 Å². The van der Waals surface area contributed by atoms with Crippen molar-refractivity contribution in [3.63, 3.8) is 0 Å². The molecular weight excluding hydrogens is 321 g/mol. The van der Waals surface area contributed by atoms with Crippen molar-refractivity contribution >= 4 is 45.9 Å². The van der Waals surface area contributed by atoms with Gasteiger partial charge in [-0.2, -0.15) is 0 Å². The van der Waals surface area contributed by atoms with Gasteiger partial charge < -0.3 is 5.32 Å². The summed E-state index contributed by atoms with van der Waals surface area (Å²) in [5.74, 6) is 0. The smallest absolute Gasteiger partial charge is 0.329 e. The van der Waals surface area contributed by atoms with Crippen LogP contribution in [-0.2, 0) is 6.42 Å². The molecule has 0 bridgehead atoms. The number of pyridine rings is 1. The van der Waals surface area contributed by atoms with Crippen molar-refractivity contribution < 1.29 is 4.92 Å². The summed E-state index contributed by atoms with van der Waals surface area (Å²) in [5.41, 5.74) is 0.162. The van der Waals surface area contributed by atoms with Gasteiger partial charge in [0, 0.05) is 23.5 Å². The maximum absolute atomic E-state index is 11.0. The summed E-state index contributed by atoms with van der Waals surface area (Å²) in [4.78, 5) is 15.3. The lowest BCUT2D eigenvalue weighted by atomic mass is 10.2. The summed E-state index contributed by atoms with van der Waals surface area (Å²) >= 11 is 13.1. The number of nitrogens with one attached hydrogen (secondary N) is 1. The average Bonchev–Trinajstić information content (AvgIpc) is 2.74. The van der Waals surface area contributed by atoms with Gasteiger partial charge in [0.05, 0.1) is 9.26 Å². The molecule has 0 fully saturated rings. The zero-order valence-corrected chi connectivity index (χ0v) is 12.8. The highest BCUT2D eigenvalue weighted by atomic mass is 35.5. The number of hydrogen-bond acceptors (Lipinski definition) is 5. The topological polar surface area (TPSA) is 68.1 Å². The van der Waals surface area contributed by atoms with Gasteiger partial charge in [0.2, 0.25) is 5.15 Å². The lowest BCUT2D eigenvalue weighted by Crippen LogP contribution is -2.18. The number of nitro groups is 1. The minimum absolute atomic E-state index is 0.00174. The molecule has 5 nitrogen and oxygen atoms in total. The van der Waals surface area contributed by atoms with Crippen LogP contribution in [0, 0.1) is 10.1 Å². The Morgan fingerprint density at radius 2 is 2.20 bits per heavy atom. The maximum atomic E-state index is 11.0. The predicted molar refractivity (Wildman–Crippen MR) is 82.0 cm³/mol. The van der Waals surface area contributed by atoms with Crippen LogP contribution in [0.5, 0.6) is 0 Å². The highest BCUT2D eigenvalue weighted by Crippen LogP contribution is 2.31. The standard InChI is InChI=1S/C12H11Cl2N3O2S/c1-7(6-8-2-3-10(13)20-8)16-9-4-5-15-12(14)11(9)17(18)19/h2-5,7H,6H2,1H3,(H,15,16)/t7-/m1/s1. The molecule has 0 spiro atoms. The first-order valence-electron chi connectivity index (χ1n) is 5.77. The molecule has 0 aliphatic heterocycles. The van der Waals surface area contributed by atoms with Gasteiger partial charge in [-0.1, -0.05) is 23.2 Å². The first-order chi connectivity index (χ1) is 9.47. The van der Waals surface area contributed by atoms with Crippen LogP contribution in [0.15, 0.2) is 24.4 Å². The number of hydrogen-bond donors (Lipinski definition) is 1. The van der Waals surface area contributed by atoms with Gasteiger partial charge in [-0.25, -0.2) is 4.98 Å². The van der Waals surface area contributed by atoms with E-state index in [1.165, 1.54) is 17.5 Å². The third-order valence-electron chi connectivity index (χ3n) is 2.60. The molecule has 0 radical (unpaired) electrons. The molecule has 2 aromatic heterocycles. The summed E-state index contributed by atoms with van der Waals surface area (Å²) in [6.45, 7) is 1.94. The van der Waals surface area contributed by atoms with Crippen LogP contribution in [0.1, 0.15) is 11.8 Å². The Morgan fingerprint density at radius 1 is 1.45 bits per heavy atom. The van der Waals surface area contributed by atoms with Crippen molar-refractivity contribution in [2.24, 2.45) is 0 Å². The summed E-state index contributed by atoms with van der Waals surface area (Å²) < 4.78 is 0.727. The van der Waals surface area contributed by atoms with Gasteiger partial charge in [-0.15, -0.1) is 11.3 Å². The Hall–Kier alpha value is -1.37. The van der Waals surface area contributed by atoms with E-state index in [2.05, 4.69) is 10.3 Å². The first kappa shape index (κ1) is 15.0. The monoisotopic (exact) mass is 331 g/mol. The van der Waals surface area contributed by atoms with Crippen molar-refractivity contribution in [1.29, 1.82) is 0 Å². The molecule has 20 heavy (non-hydrogen) atoms. The van der Waals surface area contributed by atoms with Crippen molar-refractivity contribution in [3.8, 4) is 0 Å². The molecule has 0 aliphatic carbocycles. The maximum Gasteiger partial charge on any atom is 0.329 e. The Bertz CT molecular complexity index is 633. The van der Waals surface area contributed by atoms with Crippen LogP contribution in [0.3, 0.4) is 0 Å². The van der Waals surface area contributed by atoms with Gasteiger partial charge in [0.1, 0.15) is 5.69 Å². The van der Waals surface area contributed by atoms with Gasteiger partial charge in [0.15, 0.2) is 0 Å². The second-order valence-corrected chi connectivity index (χ2v) is 6.37. The molecule has 1 atom stereocenters. The molecule has 1 N–H and O–H groups in total. The molecule has 106 valence electrons. The molecule has 0 saturated heterocycles. The Kier molecular flexibility index (Phi) is 4.80. The fourth-order valence-electron chi connectivity index (χ4n) is 1.80. The molecule has 2 rings (SSSR count). The number of halogens is 2. The number of rotatable bonds is 5. The molecule has 0 aliphatic rings. The number of aromatic nitrogens is 1. The SMILES string of the molecule is C[C@H](Cc1ccc(Cl)s1)Nc1ccnc(Cl)c1[N+](=O)[O-]. The highest BCUT2D eigenvalue weighted by molar-refractivity contribution is 7.16. The second kappa shape index (κ2) is 6.39. The number of nitrogens with zero attached hydrogens (tertiary/aromatic N) is 2. The van der Waals surface area contributed by atoms with Crippen LogP contribution in [0.2, 0.25) is 9.49 Å². The van der Waals surface area contributed by atoms with Gasteiger partial charge in [0.25, 0.3) is 0 Å². The average molecular weight is 332 g/mol. The normalized spacial score (nSPS) is 12.2. The molecule has 8 heteroatoms. The van der Waals surface area contributed by atoms with Crippen molar-refractivity contribution in [1.82, 2.24) is 4.98 Å². The minimum Gasteiger partial charge on any atom is -0.377 e. The molecule has 0 saturated carbocycles. The van der Waals surface area contributed by atoms with E-state index in [9.17, 15) is 10.1 Å². The van der Waals surface area contributed by atoms with Crippen molar-refractivity contribution in [2.75, 3.05) is 5.32 Å². The van der Waals surface area contributed by atoms with Gasteiger partial charge in [-0.05, 0) is 25.1 Å². The van der Waals surface area contributed by atoms with Crippen LogP contribution >= 0.6 is 34.5 Å². The second-order valence-electron chi connectivity index (χ2n) is 4.21. The van der Waals surface area contributed by atoms with Gasteiger partial charge in [-0.3, -0.25) is 10.1 Å². The molecule has 0 aromatic carbocycles. The zero-order chi connectivity index (χ0) is 14.7. The van der Waals surface area contributed by atoms with E-state index in [0.29, 0.717) is 12.1 Å². The van der Waals surface area contributed by atoms with E-state index in [-0.39, 0.29) is 16.9 Å². The molecule has 2 heterocycles. The number of thiophene rings is 1. The predicted octanol–water partition coefficient (Wildman–Crippen LogP) is 4.40.